The molecular weight excluding hydrogens is 282 g/mol. The Bertz CT molecular complexity index is 631. The molecule has 0 aliphatic heterocycles. The number of amides is 1. The average Bonchev–Trinajstić information content (AvgIpc) is 2.73. The number of anilines is 1. The fourth-order valence-corrected chi connectivity index (χ4v) is 2.82. The average molecular weight is 294 g/mol. The lowest BCUT2D eigenvalue weighted by atomic mass is 10.1. The molecule has 1 N–H and O–H groups in total. The number of nitrogens with one attached hydrogen (secondary N) is 1. The van der Waals surface area contributed by atoms with Crippen LogP contribution in [0.4, 0.5) is 5.69 Å². The Morgan fingerprint density at radius 2 is 1.79 bits per heavy atom. The number of benzene rings is 1. The highest BCUT2D eigenvalue weighted by Gasteiger charge is 2.17. The second kappa shape index (κ2) is 5.55. The first-order valence-corrected chi connectivity index (χ1v) is 6.90. The Labute approximate surface area is 120 Å². The van der Waals surface area contributed by atoms with Gasteiger partial charge in [-0.05, 0) is 17.7 Å². The van der Waals surface area contributed by atoms with Gasteiger partial charge in [0.25, 0.3) is 0 Å². The van der Waals surface area contributed by atoms with Gasteiger partial charge >= 0.3 is 0 Å². The summed E-state index contributed by atoms with van der Waals surface area (Å²) < 4.78 is 0. The number of hydrogen-bond acceptors (Lipinski definition) is 3. The van der Waals surface area contributed by atoms with Gasteiger partial charge in [-0.3, -0.25) is 9.59 Å². The molecule has 19 heavy (non-hydrogen) atoms. The summed E-state index contributed by atoms with van der Waals surface area (Å²) in [4.78, 5) is 23.4. The molecular formula is C14H12ClNO2S. The van der Waals surface area contributed by atoms with E-state index in [0.717, 1.165) is 11.1 Å². The normalized spacial score (nSPS) is 10.3. The number of ketones is 1. The first-order valence-electron chi connectivity index (χ1n) is 5.65. The van der Waals surface area contributed by atoms with Crippen LogP contribution >= 0.6 is 22.9 Å². The second-order valence-corrected chi connectivity index (χ2v) is 5.41. The van der Waals surface area contributed by atoms with E-state index in [1.54, 1.807) is 12.1 Å². The van der Waals surface area contributed by atoms with Crippen molar-refractivity contribution < 1.29 is 9.59 Å². The van der Waals surface area contributed by atoms with Crippen LogP contribution in [0, 0.1) is 0 Å². The maximum absolute atomic E-state index is 11.6. The number of rotatable bonds is 3. The van der Waals surface area contributed by atoms with E-state index >= 15 is 0 Å². The first-order chi connectivity index (χ1) is 8.99. The second-order valence-electron chi connectivity index (χ2n) is 4.10. The van der Waals surface area contributed by atoms with Crippen LogP contribution in [0.25, 0.3) is 11.1 Å². The van der Waals surface area contributed by atoms with Crippen molar-refractivity contribution in [3.05, 3.63) is 39.5 Å². The SMILES string of the molecule is CC(=O)Nc1c(-c2ccc(Cl)cc2)csc1C(C)=O. The molecule has 1 aromatic carbocycles. The third-order valence-electron chi connectivity index (χ3n) is 2.57. The molecule has 0 atom stereocenters. The molecule has 0 saturated carbocycles. The highest BCUT2D eigenvalue weighted by Crippen LogP contribution is 2.37. The van der Waals surface area contributed by atoms with Gasteiger partial charge in [0.1, 0.15) is 0 Å². The van der Waals surface area contributed by atoms with Crippen LogP contribution in [0.15, 0.2) is 29.6 Å². The topological polar surface area (TPSA) is 46.2 Å². The van der Waals surface area contributed by atoms with Crippen LogP contribution in [0.3, 0.4) is 0 Å². The van der Waals surface area contributed by atoms with Gasteiger partial charge < -0.3 is 5.32 Å². The van der Waals surface area contributed by atoms with Gasteiger partial charge in [0.05, 0.1) is 10.6 Å². The lowest BCUT2D eigenvalue weighted by Gasteiger charge is -2.07. The molecule has 0 spiro atoms. The third-order valence-corrected chi connectivity index (χ3v) is 3.90. The highest BCUT2D eigenvalue weighted by atomic mass is 35.5. The zero-order chi connectivity index (χ0) is 14.0. The predicted octanol–water partition coefficient (Wildman–Crippen LogP) is 4.23. The van der Waals surface area contributed by atoms with Crippen LogP contribution in [-0.4, -0.2) is 11.7 Å². The third kappa shape index (κ3) is 3.03. The summed E-state index contributed by atoms with van der Waals surface area (Å²) in [5.41, 5.74) is 2.33. The quantitative estimate of drug-likeness (QED) is 0.861. The van der Waals surface area contributed by atoms with Gasteiger partial charge in [-0.25, -0.2) is 0 Å². The Morgan fingerprint density at radius 1 is 1.16 bits per heavy atom. The first kappa shape index (κ1) is 13.8. The molecule has 2 aromatic rings. The smallest absolute Gasteiger partial charge is 0.221 e. The van der Waals surface area contributed by atoms with Gasteiger partial charge in [-0.2, -0.15) is 0 Å². The summed E-state index contributed by atoms with van der Waals surface area (Å²) >= 11 is 7.19. The fourth-order valence-electron chi connectivity index (χ4n) is 1.76. The van der Waals surface area contributed by atoms with Crippen molar-refractivity contribution in [2.75, 3.05) is 5.32 Å². The van der Waals surface area contributed by atoms with E-state index in [4.69, 9.17) is 11.6 Å². The van der Waals surface area contributed by atoms with Crippen molar-refractivity contribution >= 4 is 40.3 Å². The maximum Gasteiger partial charge on any atom is 0.221 e. The lowest BCUT2D eigenvalue weighted by Crippen LogP contribution is -2.08. The van der Waals surface area contributed by atoms with Gasteiger partial charge in [0.2, 0.25) is 5.91 Å². The van der Waals surface area contributed by atoms with Crippen LogP contribution in [0.5, 0.6) is 0 Å². The lowest BCUT2D eigenvalue weighted by molar-refractivity contribution is -0.114. The van der Waals surface area contributed by atoms with Gasteiger partial charge in [0.15, 0.2) is 5.78 Å². The van der Waals surface area contributed by atoms with Gasteiger partial charge in [-0.1, -0.05) is 23.7 Å². The molecule has 98 valence electrons. The molecule has 1 heterocycles. The molecule has 0 bridgehead atoms. The zero-order valence-electron chi connectivity index (χ0n) is 10.5. The van der Waals surface area contributed by atoms with Crippen LogP contribution in [0.1, 0.15) is 23.5 Å². The maximum atomic E-state index is 11.6. The van der Waals surface area contributed by atoms with E-state index in [0.29, 0.717) is 15.6 Å². The molecule has 0 aliphatic carbocycles. The summed E-state index contributed by atoms with van der Waals surface area (Å²) in [7, 11) is 0. The van der Waals surface area contributed by atoms with Gasteiger partial charge in [-0.15, -0.1) is 11.3 Å². The molecule has 0 aliphatic rings. The minimum atomic E-state index is -0.198. The zero-order valence-corrected chi connectivity index (χ0v) is 12.1. The van der Waals surface area contributed by atoms with Crippen molar-refractivity contribution in [3.8, 4) is 11.1 Å². The standard InChI is InChI=1S/C14H12ClNO2S/c1-8(17)14-13(16-9(2)18)12(7-19-14)10-3-5-11(15)6-4-10/h3-7H,1-2H3,(H,16,18). The van der Waals surface area contributed by atoms with Gasteiger partial charge in [0, 0.05) is 29.8 Å². The molecule has 1 aromatic heterocycles. The summed E-state index contributed by atoms with van der Waals surface area (Å²) in [6.45, 7) is 2.91. The van der Waals surface area contributed by atoms with Crippen molar-refractivity contribution in [1.29, 1.82) is 0 Å². The van der Waals surface area contributed by atoms with E-state index in [9.17, 15) is 9.59 Å². The summed E-state index contributed by atoms with van der Waals surface area (Å²) in [5, 5.41) is 5.25. The molecule has 0 radical (unpaired) electrons. The molecule has 3 nitrogen and oxygen atoms in total. The van der Waals surface area contributed by atoms with E-state index < -0.39 is 0 Å². The van der Waals surface area contributed by atoms with Crippen LogP contribution in [-0.2, 0) is 4.79 Å². The molecule has 0 saturated heterocycles. The Hall–Kier alpha value is -1.65. The predicted molar refractivity (Wildman–Crippen MR) is 79.1 cm³/mol. The minimum absolute atomic E-state index is 0.0611. The monoisotopic (exact) mass is 293 g/mol. The molecule has 1 amide bonds. The molecule has 2 rings (SSSR count). The molecule has 5 heteroatoms. The summed E-state index contributed by atoms with van der Waals surface area (Å²) in [6.07, 6.45) is 0. The Kier molecular flexibility index (Phi) is 4.02. The highest BCUT2D eigenvalue weighted by molar-refractivity contribution is 7.13. The van der Waals surface area contributed by atoms with E-state index in [2.05, 4.69) is 5.32 Å². The summed E-state index contributed by atoms with van der Waals surface area (Å²) in [6, 6.07) is 7.28. The van der Waals surface area contributed by atoms with E-state index in [-0.39, 0.29) is 11.7 Å². The van der Waals surface area contributed by atoms with Crippen LogP contribution < -0.4 is 5.32 Å². The number of hydrogen-bond donors (Lipinski definition) is 1. The van der Waals surface area contributed by atoms with Crippen molar-refractivity contribution in [3.63, 3.8) is 0 Å². The Balaban J connectivity index is 2.53. The van der Waals surface area contributed by atoms with Crippen LogP contribution in [0.2, 0.25) is 5.02 Å². The number of carbonyl (C=O) groups excluding carboxylic acids is 2. The van der Waals surface area contributed by atoms with Crippen molar-refractivity contribution in [2.45, 2.75) is 13.8 Å². The number of thiophene rings is 1. The fraction of sp³-hybridized carbons (Fsp3) is 0.143. The largest absolute Gasteiger partial charge is 0.324 e. The van der Waals surface area contributed by atoms with E-state index in [1.165, 1.54) is 25.2 Å². The van der Waals surface area contributed by atoms with Crippen molar-refractivity contribution in [2.24, 2.45) is 0 Å². The number of Topliss-reactive ketones (excluding diaryl/α,β-unsaturated/α-hetero) is 1. The number of carbonyl (C=O) groups is 2. The summed E-state index contributed by atoms with van der Waals surface area (Å²) in [5.74, 6) is -0.259. The van der Waals surface area contributed by atoms with Crippen molar-refractivity contribution in [1.82, 2.24) is 0 Å². The Morgan fingerprint density at radius 3 is 2.32 bits per heavy atom. The molecule has 0 fully saturated rings. The molecule has 0 unspecified atom stereocenters. The minimum Gasteiger partial charge on any atom is -0.324 e. The van der Waals surface area contributed by atoms with E-state index in [1.807, 2.05) is 17.5 Å². The number of halogens is 1.